The number of thioether (sulfide) groups is 1. The molecule has 0 saturated carbocycles. The highest BCUT2D eigenvalue weighted by Crippen LogP contribution is 2.71. The van der Waals surface area contributed by atoms with E-state index < -0.39 is 74.4 Å². The zero-order valence-electron chi connectivity index (χ0n) is 27.2. The topological polar surface area (TPSA) is 269 Å². The van der Waals surface area contributed by atoms with Gasteiger partial charge in [0.05, 0.1) is 18.8 Å². The second-order valence-electron chi connectivity index (χ2n) is 10.5. The molecule has 2 rings (SSSR count). The van der Waals surface area contributed by atoms with E-state index >= 15 is 0 Å². The van der Waals surface area contributed by atoms with E-state index in [1.807, 2.05) is 37.3 Å². The Labute approximate surface area is 287 Å². The molecule has 0 amide bonds. The number of rotatable bonds is 23. The third-order valence-corrected chi connectivity index (χ3v) is 13.1. The molecule has 2 aromatic rings. The fraction of sp³-hybridized carbons (Fsp3) is 0.600. The number of phosphoric ester groups is 2. The molecule has 0 bridgehead atoms. The Hall–Kier alpha value is -1.11. The summed E-state index contributed by atoms with van der Waals surface area (Å²) < 4.78 is 82.4. The Bertz CT molecular complexity index is 1580. The van der Waals surface area contributed by atoms with E-state index in [2.05, 4.69) is 22.4 Å². The van der Waals surface area contributed by atoms with Crippen LogP contribution in [0.4, 0.5) is 0 Å². The van der Waals surface area contributed by atoms with Gasteiger partial charge in [0.1, 0.15) is 17.4 Å². The van der Waals surface area contributed by atoms with Crippen molar-refractivity contribution in [2.45, 2.75) is 89.7 Å². The summed E-state index contributed by atoms with van der Waals surface area (Å²) in [4.78, 5) is 55.9. The predicted molar refractivity (Wildman–Crippen MR) is 175 cm³/mol. The third-order valence-electron chi connectivity index (χ3n) is 5.81. The van der Waals surface area contributed by atoms with Crippen molar-refractivity contribution in [3.8, 4) is 0 Å². The first-order valence-corrected chi connectivity index (χ1v) is 21.6. The van der Waals surface area contributed by atoms with Gasteiger partial charge in [0.15, 0.2) is 6.29 Å². The Kier molecular flexibility index (Phi) is 17.7. The van der Waals surface area contributed by atoms with Gasteiger partial charge in [-0.2, -0.15) is 17.9 Å². The van der Waals surface area contributed by atoms with E-state index in [1.165, 1.54) is 45.7 Å². The molecule has 280 valence electrons. The lowest BCUT2D eigenvalue weighted by molar-refractivity contribution is -0.192. The lowest BCUT2D eigenvalue weighted by atomic mass is 10.1. The van der Waals surface area contributed by atoms with Crippen LogP contribution in [-0.2, 0) is 56.1 Å². The number of hydrogen-bond donors (Lipinski definition) is 5. The van der Waals surface area contributed by atoms with Gasteiger partial charge in [-0.15, -0.1) is 11.8 Å². The lowest BCUT2D eigenvalue weighted by Gasteiger charge is -2.30. The van der Waals surface area contributed by atoms with Gasteiger partial charge in [-0.1, -0.05) is 37.3 Å². The van der Waals surface area contributed by atoms with Gasteiger partial charge in [-0.05, 0) is 57.9 Å². The van der Waals surface area contributed by atoms with E-state index in [-0.39, 0.29) is 6.42 Å². The predicted octanol–water partition coefficient (Wildman–Crippen LogP) is 4.90. The molecule has 1 aromatic carbocycles. The van der Waals surface area contributed by atoms with Gasteiger partial charge in [0.2, 0.25) is 0 Å². The number of phosphoric acid groups is 4. The molecule has 0 aliphatic heterocycles. The molecule has 0 saturated heterocycles. The Morgan fingerprint density at radius 1 is 0.857 bits per heavy atom. The smallest absolute Gasteiger partial charge is 0.368 e. The van der Waals surface area contributed by atoms with Gasteiger partial charge in [-0.3, -0.25) is 13.6 Å². The third kappa shape index (κ3) is 17.3. The van der Waals surface area contributed by atoms with Crippen molar-refractivity contribution >= 4 is 43.1 Å². The number of ether oxygens (including phenoxy) is 2. The highest BCUT2D eigenvalue weighted by Gasteiger charge is 2.46. The molecular formula is C25H42N2O17P4S. The van der Waals surface area contributed by atoms with Crippen molar-refractivity contribution < 1.29 is 74.4 Å². The maximum atomic E-state index is 12.7. The molecule has 0 radical (unpaired) electrons. The number of aryl methyl sites for hydroxylation is 1. The number of aliphatic hydroxyl groups excluding tert-OH is 1. The van der Waals surface area contributed by atoms with Crippen molar-refractivity contribution in [3.63, 3.8) is 0 Å². The summed E-state index contributed by atoms with van der Waals surface area (Å²) in [5.74, 6) is 0.732. The minimum absolute atomic E-state index is 0.136. The van der Waals surface area contributed by atoms with Crippen LogP contribution in [0.5, 0.6) is 0 Å². The second kappa shape index (κ2) is 19.6. The van der Waals surface area contributed by atoms with Crippen LogP contribution >= 0.6 is 43.1 Å². The van der Waals surface area contributed by atoms with Crippen LogP contribution in [0.25, 0.3) is 0 Å². The molecule has 0 fully saturated rings. The molecule has 0 spiro atoms. The zero-order valence-corrected chi connectivity index (χ0v) is 31.6. The van der Waals surface area contributed by atoms with Gasteiger partial charge < -0.3 is 34.2 Å². The first-order valence-electron chi connectivity index (χ1n) is 14.7. The summed E-state index contributed by atoms with van der Waals surface area (Å²) in [5, 5.41) is 11.0. The second-order valence-corrected chi connectivity index (χ2v) is 17.8. The van der Waals surface area contributed by atoms with E-state index in [0.29, 0.717) is 11.4 Å². The van der Waals surface area contributed by atoms with Crippen molar-refractivity contribution in [2.75, 3.05) is 12.4 Å². The zero-order chi connectivity index (χ0) is 37.0. The number of aliphatic hydroxyl groups is 1. The van der Waals surface area contributed by atoms with E-state index in [1.54, 1.807) is 6.07 Å². The average molecular weight is 799 g/mol. The lowest BCUT2D eigenvalue weighted by Crippen LogP contribution is -2.39. The summed E-state index contributed by atoms with van der Waals surface area (Å²) in [5.41, 5.74) is 0.234. The van der Waals surface area contributed by atoms with Gasteiger partial charge in [-0.25, -0.2) is 23.1 Å². The maximum Gasteiger partial charge on any atom is 0.490 e. The molecule has 24 heteroatoms. The molecule has 1 aromatic heterocycles. The van der Waals surface area contributed by atoms with E-state index in [4.69, 9.17) is 14.0 Å². The van der Waals surface area contributed by atoms with Crippen LogP contribution in [0.15, 0.2) is 52.4 Å². The monoisotopic (exact) mass is 798 g/mol. The summed E-state index contributed by atoms with van der Waals surface area (Å²) in [7, 11) is -22.9. The highest BCUT2D eigenvalue weighted by atomic mass is 32.2. The molecule has 8 atom stereocenters. The number of nitrogens with zero attached hydrogens (tertiary/aromatic N) is 2. The van der Waals surface area contributed by atoms with Crippen molar-refractivity contribution in [3.05, 3.63) is 58.6 Å². The van der Waals surface area contributed by atoms with Gasteiger partial charge in [0, 0.05) is 12.6 Å². The summed E-state index contributed by atoms with van der Waals surface area (Å²) in [6, 6.07) is 10.8. The Morgan fingerprint density at radius 3 is 2.02 bits per heavy atom. The summed E-state index contributed by atoms with van der Waals surface area (Å²) in [6.45, 7) is 6.41. The van der Waals surface area contributed by atoms with Crippen LogP contribution in [0.2, 0.25) is 0 Å². The number of hydrogen-bond acceptors (Lipinski definition) is 15. The van der Waals surface area contributed by atoms with Crippen LogP contribution in [0, 0.1) is 0 Å². The largest absolute Gasteiger partial charge is 0.490 e. The maximum absolute atomic E-state index is 12.7. The molecule has 5 unspecified atom stereocenters. The fourth-order valence-electron chi connectivity index (χ4n) is 3.80. The van der Waals surface area contributed by atoms with Crippen molar-refractivity contribution in [2.24, 2.45) is 0 Å². The molecule has 19 nitrogen and oxygen atoms in total. The van der Waals surface area contributed by atoms with Crippen LogP contribution < -0.4 is 5.69 Å². The SMILES string of the molecule is CCCSc1ccn([C@@H](C)O[C@H](COP(=O)(O)OP(=O)(O)OP(=O)(O)OP(=O)(O)OC(C)C)[C@@H](C)OC(O)CCc2ccccc2)c(=O)n1. The summed E-state index contributed by atoms with van der Waals surface area (Å²) >= 11 is 1.37. The van der Waals surface area contributed by atoms with E-state index in [0.717, 1.165) is 22.3 Å². The minimum atomic E-state index is -6.03. The van der Waals surface area contributed by atoms with Gasteiger partial charge in [0.25, 0.3) is 0 Å². The van der Waals surface area contributed by atoms with Gasteiger partial charge >= 0.3 is 37.0 Å². The molecule has 0 aliphatic rings. The summed E-state index contributed by atoms with van der Waals surface area (Å²) in [6.07, 6.45) is -3.13. The molecule has 49 heavy (non-hydrogen) atoms. The molecule has 1 heterocycles. The standard InChI is InChI=1S/C25H42N2O17P4S/c1-6-16-49-23-14-15-27(25(29)26-23)20(5)40-22(19(4)39-24(28)13-12-21-10-8-7-9-11-21)17-38-45(30,31)42-47(34,35)44-48(36,37)43-46(32,33)41-18(2)3/h7-11,14-15,18-20,22,24,28H,6,12-13,16-17H2,1-5H3,(H,30,31)(H,32,33)(H,34,35)(H,36,37)/t19-,20-,22-,24?/m1/s1. The number of aromatic nitrogens is 2. The van der Waals surface area contributed by atoms with Crippen molar-refractivity contribution in [1.29, 1.82) is 0 Å². The highest BCUT2D eigenvalue weighted by molar-refractivity contribution is 7.99. The van der Waals surface area contributed by atoms with Crippen LogP contribution in [0.3, 0.4) is 0 Å². The normalized spacial score (nSPS) is 19.6. The van der Waals surface area contributed by atoms with E-state index in [9.17, 15) is 47.7 Å². The number of benzene rings is 1. The Morgan fingerprint density at radius 2 is 1.45 bits per heavy atom. The minimum Gasteiger partial charge on any atom is -0.368 e. The van der Waals surface area contributed by atoms with Crippen molar-refractivity contribution in [1.82, 2.24) is 9.55 Å². The molecule has 5 N–H and O–H groups in total. The van der Waals surface area contributed by atoms with Crippen LogP contribution in [0.1, 0.15) is 59.3 Å². The molecular weight excluding hydrogens is 756 g/mol. The van der Waals surface area contributed by atoms with Crippen LogP contribution in [-0.4, -0.2) is 71.2 Å². The quantitative estimate of drug-likeness (QED) is 0.0433. The molecule has 0 aliphatic carbocycles. The fourth-order valence-corrected chi connectivity index (χ4v) is 9.63. The first-order chi connectivity index (χ1) is 22.6. The average Bonchev–Trinajstić information content (AvgIpc) is 2.94. The Balaban J connectivity index is 2.18. The first kappa shape index (κ1) is 44.1.